The molecular formula is C19H26BFO3S. The Morgan fingerprint density at radius 2 is 1.60 bits per heavy atom. The van der Waals surface area contributed by atoms with Gasteiger partial charge in [0.1, 0.15) is 5.82 Å². The first-order valence-corrected chi connectivity index (χ1v) is 9.98. The molecule has 0 amide bonds. The number of hydrogen-bond acceptors (Lipinski definition) is 4. The van der Waals surface area contributed by atoms with Crippen LogP contribution in [0.1, 0.15) is 58.3 Å². The molecule has 25 heavy (non-hydrogen) atoms. The van der Waals surface area contributed by atoms with Crippen molar-refractivity contribution < 1.29 is 18.8 Å². The SMILES string of the molecule is CCC1(CC)OB(c2ccc(F)c3cc(CO)sc23)OC1(CC)CC. The fraction of sp³-hybridized carbons (Fsp3) is 0.579. The predicted octanol–water partition coefficient (Wildman–Crippen LogP) is 4.39. The number of halogens is 1. The molecule has 6 heteroatoms. The number of rotatable bonds is 6. The van der Waals surface area contributed by atoms with Crippen LogP contribution in [0.25, 0.3) is 10.1 Å². The summed E-state index contributed by atoms with van der Waals surface area (Å²) in [7, 11) is -0.506. The van der Waals surface area contributed by atoms with Crippen LogP contribution in [0, 0.1) is 5.82 Å². The van der Waals surface area contributed by atoms with Gasteiger partial charge in [0.05, 0.1) is 17.8 Å². The second-order valence-electron chi connectivity index (χ2n) is 6.72. The van der Waals surface area contributed by atoms with Crippen molar-refractivity contribution in [2.24, 2.45) is 0 Å². The Bertz CT molecular complexity index is 732. The van der Waals surface area contributed by atoms with Gasteiger partial charge < -0.3 is 14.4 Å². The maximum Gasteiger partial charge on any atom is 0.496 e. The van der Waals surface area contributed by atoms with E-state index < -0.39 is 7.12 Å². The molecule has 1 fully saturated rings. The maximum absolute atomic E-state index is 14.2. The van der Waals surface area contributed by atoms with E-state index in [0.29, 0.717) is 5.39 Å². The van der Waals surface area contributed by atoms with Crippen LogP contribution in [0.3, 0.4) is 0 Å². The van der Waals surface area contributed by atoms with Crippen molar-refractivity contribution in [1.29, 1.82) is 0 Å². The zero-order valence-corrected chi connectivity index (χ0v) is 16.2. The third-order valence-corrected chi connectivity index (χ3v) is 7.07. The molecule has 1 saturated heterocycles. The van der Waals surface area contributed by atoms with Crippen molar-refractivity contribution in [3.8, 4) is 0 Å². The molecule has 3 nitrogen and oxygen atoms in total. The van der Waals surface area contributed by atoms with Crippen LogP contribution in [0.4, 0.5) is 4.39 Å². The van der Waals surface area contributed by atoms with Gasteiger partial charge >= 0.3 is 7.12 Å². The lowest BCUT2D eigenvalue weighted by molar-refractivity contribution is -0.0601. The molecule has 0 aliphatic carbocycles. The van der Waals surface area contributed by atoms with E-state index in [1.165, 1.54) is 17.4 Å². The zero-order chi connectivity index (χ0) is 18.2. The first-order chi connectivity index (χ1) is 12.0. The van der Waals surface area contributed by atoms with Crippen LogP contribution >= 0.6 is 11.3 Å². The quantitative estimate of drug-likeness (QED) is 0.773. The van der Waals surface area contributed by atoms with Crippen molar-refractivity contribution in [1.82, 2.24) is 0 Å². The van der Waals surface area contributed by atoms with Crippen molar-refractivity contribution in [3.05, 3.63) is 28.9 Å². The molecular weight excluding hydrogens is 338 g/mol. The second-order valence-corrected chi connectivity index (χ2v) is 7.86. The van der Waals surface area contributed by atoms with Crippen molar-refractivity contribution in [2.75, 3.05) is 0 Å². The topological polar surface area (TPSA) is 38.7 Å². The molecule has 0 spiro atoms. The van der Waals surface area contributed by atoms with Gasteiger partial charge in [-0.25, -0.2) is 4.39 Å². The Morgan fingerprint density at radius 1 is 1.04 bits per heavy atom. The molecule has 2 aromatic rings. The molecule has 2 heterocycles. The minimum atomic E-state index is -0.506. The average Bonchev–Trinajstić information content (AvgIpc) is 3.22. The zero-order valence-electron chi connectivity index (χ0n) is 15.4. The molecule has 0 saturated carbocycles. The lowest BCUT2D eigenvalue weighted by Gasteiger charge is -2.42. The Hall–Kier alpha value is -0.945. The van der Waals surface area contributed by atoms with E-state index in [1.54, 1.807) is 12.1 Å². The van der Waals surface area contributed by atoms with E-state index in [1.807, 2.05) is 0 Å². The van der Waals surface area contributed by atoms with Gasteiger partial charge in [-0.2, -0.15) is 0 Å². The molecule has 1 N–H and O–H groups in total. The first kappa shape index (κ1) is 18.8. The summed E-state index contributed by atoms with van der Waals surface area (Å²) >= 11 is 1.41. The maximum atomic E-state index is 14.2. The average molecular weight is 364 g/mol. The summed E-state index contributed by atoms with van der Waals surface area (Å²) in [6, 6.07) is 4.95. The minimum Gasteiger partial charge on any atom is -0.399 e. The minimum absolute atomic E-state index is 0.0909. The number of thiophene rings is 1. The Labute approximate surface area is 153 Å². The van der Waals surface area contributed by atoms with E-state index in [4.69, 9.17) is 9.31 Å². The van der Waals surface area contributed by atoms with Crippen molar-refractivity contribution >= 4 is 34.0 Å². The van der Waals surface area contributed by atoms with E-state index in [2.05, 4.69) is 27.7 Å². The standard InChI is InChI=1S/C19H26BFO3S/c1-5-18(6-2)19(7-3,8-4)24-20(23-18)15-9-10-16(21)14-11-13(12-22)25-17(14)15/h9-11,22H,5-8,12H2,1-4H3. The van der Waals surface area contributed by atoms with Crippen LogP contribution in [-0.4, -0.2) is 23.4 Å². The predicted molar refractivity (Wildman–Crippen MR) is 102 cm³/mol. The summed E-state index contributed by atoms with van der Waals surface area (Å²) in [5.41, 5.74) is 0.189. The molecule has 1 aliphatic heterocycles. The normalized spacial score (nSPS) is 19.0. The van der Waals surface area contributed by atoms with E-state index in [0.717, 1.165) is 40.7 Å². The lowest BCUT2D eigenvalue weighted by Crippen LogP contribution is -2.50. The van der Waals surface area contributed by atoms with Crippen LogP contribution in [0.15, 0.2) is 18.2 Å². The van der Waals surface area contributed by atoms with Crippen LogP contribution < -0.4 is 5.46 Å². The van der Waals surface area contributed by atoms with E-state index in [9.17, 15) is 9.50 Å². The highest BCUT2D eigenvalue weighted by Crippen LogP contribution is 2.47. The third kappa shape index (κ3) is 2.74. The summed E-state index contributed by atoms with van der Waals surface area (Å²) in [5, 5.41) is 9.96. The first-order valence-electron chi connectivity index (χ1n) is 9.17. The summed E-state index contributed by atoms with van der Waals surface area (Å²) in [5.74, 6) is -0.276. The van der Waals surface area contributed by atoms with Crippen molar-refractivity contribution in [3.63, 3.8) is 0 Å². The van der Waals surface area contributed by atoms with Gasteiger partial charge in [-0.05, 0) is 37.8 Å². The molecule has 136 valence electrons. The summed E-state index contributed by atoms with van der Waals surface area (Å²) in [6.45, 7) is 8.48. The van der Waals surface area contributed by atoms with Gasteiger partial charge in [0, 0.05) is 20.4 Å². The Morgan fingerprint density at radius 3 is 2.08 bits per heavy atom. The van der Waals surface area contributed by atoms with Gasteiger partial charge in [0.25, 0.3) is 0 Å². The lowest BCUT2D eigenvalue weighted by atomic mass is 9.75. The molecule has 3 rings (SSSR count). The van der Waals surface area contributed by atoms with Crippen molar-refractivity contribution in [2.45, 2.75) is 71.2 Å². The number of hydrogen-bond donors (Lipinski definition) is 1. The molecule has 0 radical (unpaired) electrons. The molecule has 0 bridgehead atoms. The molecule has 0 unspecified atom stereocenters. The van der Waals surface area contributed by atoms with Crippen LogP contribution in [0.5, 0.6) is 0 Å². The number of benzene rings is 1. The fourth-order valence-corrected chi connectivity index (χ4v) is 5.38. The van der Waals surface area contributed by atoms with Gasteiger partial charge in [-0.1, -0.05) is 33.8 Å². The highest BCUT2D eigenvalue weighted by molar-refractivity contribution is 7.20. The number of fused-ring (bicyclic) bond motifs is 1. The highest BCUT2D eigenvalue weighted by atomic mass is 32.1. The highest BCUT2D eigenvalue weighted by Gasteiger charge is 2.58. The fourth-order valence-electron chi connectivity index (χ4n) is 4.32. The second kappa shape index (κ2) is 6.99. The number of aliphatic hydroxyl groups excluding tert-OH is 1. The Balaban J connectivity index is 2.10. The molecule has 1 aromatic carbocycles. The van der Waals surface area contributed by atoms with Crippen LogP contribution in [0.2, 0.25) is 0 Å². The summed E-state index contributed by atoms with van der Waals surface area (Å²) in [4.78, 5) is 0.744. The largest absolute Gasteiger partial charge is 0.496 e. The number of aliphatic hydroxyl groups is 1. The van der Waals surface area contributed by atoms with E-state index >= 15 is 0 Å². The monoisotopic (exact) mass is 364 g/mol. The van der Waals surface area contributed by atoms with Gasteiger partial charge in [0.15, 0.2) is 0 Å². The molecule has 1 aliphatic rings. The van der Waals surface area contributed by atoms with Gasteiger partial charge in [0.2, 0.25) is 0 Å². The third-order valence-electron chi connectivity index (χ3n) is 5.90. The summed E-state index contributed by atoms with van der Waals surface area (Å²) in [6.07, 6.45) is 3.49. The Kier molecular flexibility index (Phi) is 5.27. The van der Waals surface area contributed by atoms with Gasteiger partial charge in [-0.15, -0.1) is 11.3 Å². The molecule has 0 atom stereocenters. The smallest absolute Gasteiger partial charge is 0.399 e. The van der Waals surface area contributed by atoms with Crippen LogP contribution in [-0.2, 0) is 15.9 Å². The molecule has 1 aromatic heterocycles. The van der Waals surface area contributed by atoms with Gasteiger partial charge in [-0.3, -0.25) is 0 Å². The van der Waals surface area contributed by atoms with E-state index in [-0.39, 0.29) is 23.6 Å². The summed E-state index contributed by atoms with van der Waals surface area (Å²) < 4.78 is 28.1.